The zero-order valence-corrected chi connectivity index (χ0v) is 12.0. The van der Waals surface area contributed by atoms with Crippen molar-refractivity contribution in [2.24, 2.45) is 0 Å². The monoisotopic (exact) mass is 263 g/mol. The Morgan fingerprint density at radius 3 is 2.63 bits per heavy atom. The largest absolute Gasteiger partial charge is 0.494 e. The van der Waals surface area contributed by atoms with Gasteiger partial charge in [-0.1, -0.05) is 31.0 Å². The first kappa shape index (κ1) is 14.4. The van der Waals surface area contributed by atoms with Crippen LogP contribution >= 0.6 is 0 Å². The van der Waals surface area contributed by atoms with Gasteiger partial charge >= 0.3 is 0 Å². The lowest BCUT2D eigenvalue weighted by molar-refractivity contribution is 0.157. The standard InChI is InChI=1S/C16H25NO2/c1-3-19-15-11-7-6-10-14(15)16(2,12-18)17-13-8-4-5-9-13/h6-7,10-11,13,17-18H,3-5,8-9,12H2,1-2H3. The van der Waals surface area contributed by atoms with Crippen molar-refractivity contribution in [3.63, 3.8) is 0 Å². The molecule has 1 aliphatic carbocycles. The van der Waals surface area contributed by atoms with Gasteiger partial charge in [-0.25, -0.2) is 0 Å². The zero-order valence-electron chi connectivity index (χ0n) is 12.0. The summed E-state index contributed by atoms with van der Waals surface area (Å²) in [5.41, 5.74) is 0.618. The van der Waals surface area contributed by atoms with Gasteiger partial charge in [0.2, 0.25) is 0 Å². The summed E-state index contributed by atoms with van der Waals surface area (Å²) in [6.45, 7) is 4.76. The van der Waals surface area contributed by atoms with E-state index in [-0.39, 0.29) is 6.61 Å². The van der Waals surface area contributed by atoms with Crippen LogP contribution in [0, 0.1) is 0 Å². The molecule has 1 aliphatic rings. The Kier molecular flexibility index (Phi) is 4.83. The van der Waals surface area contributed by atoms with Gasteiger partial charge in [-0.2, -0.15) is 0 Å². The second kappa shape index (κ2) is 6.40. The number of hydrogen-bond donors (Lipinski definition) is 2. The lowest BCUT2D eigenvalue weighted by Crippen LogP contribution is -2.47. The number of hydrogen-bond acceptors (Lipinski definition) is 3. The van der Waals surface area contributed by atoms with Crippen molar-refractivity contribution >= 4 is 0 Å². The van der Waals surface area contributed by atoms with Crippen LogP contribution in [0.3, 0.4) is 0 Å². The molecule has 0 saturated heterocycles. The Labute approximate surface area is 116 Å². The molecule has 1 atom stereocenters. The molecule has 106 valence electrons. The molecule has 0 spiro atoms. The van der Waals surface area contributed by atoms with Crippen molar-refractivity contribution in [1.82, 2.24) is 5.32 Å². The summed E-state index contributed by atoms with van der Waals surface area (Å²) in [4.78, 5) is 0. The highest BCUT2D eigenvalue weighted by Crippen LogP contribution is 2.32. The SMILES string of the molecule is CCOc1ccccc1C(C)(CO)NC1CCCC1. The lowest BCUT2D eigenvalue weighted by Gasteiger charge is -2.34. The van der Waals surface area contributed by atoms with Crippen molar-refractivity contribution in [3.05, 3.63) is 29.8 Å². The molecule has 1 fully saturated rings. The fraction of sp³-hybridized carbons (Fsp3) is 0.625. The minimum absolute atomic E-state index is 0.0770. The van der Waals surface area contributed by atoms with Crippen LogP contribution in [0.25, 0.3) is 0 Å². The molecule has 0 bridgehead atoms. The maximum atomic E-state index is 9.87. The summed E-state index contributed by atoms with van der Waals surface area (Å²) in [6.07, 6.45) is 4.97. The minimum atomic E-state index is -0.430. The first-order valence-corrected chi connectivity index (χ1v) is 7.30. The second-order valence-corrected chi connectivity index (χ2v) is 5.55. The van der Waals surface area contributed by atoms with Crippen molar-refractivity contribution in [2.75, 3.05) is 13.2 Å². The Morgan fingerprint density at radius 2 is 2.00 bits per heavy atom. The Bertz CT molecular complexity index is 401. The van der Waals surface area contributed by atoms with E-state index in [2.05, 4.69) is 12.2 Å². The Balaban J connectivity index is 2.23. The molecule has 2 rings (SSSR count). The van der Waals surface area contributed by atoms with Gasteiger partial charge in [0.15, 0.2) is 0 Å². The van der Waals surface area contributed by atoms with Gasteiger partial charge in [0, 0.05) is 11.6 Å². The highest BCUT2D eigenvalue weighted by molar-refractivity contribution is 5.39. The third-order valence-corrected chi connectivity index (χ3v) is 3.98. The molecule has 0 heterocycles. The van der Waals surface area contributed by atoms with E-state index in [1.165, 1.54) is 25.7 Å². The predicted octanol–water partition coefficient (Wildman–Crippen LogP) is 2.83. The van der Waals surface area contributed by atoms with Crippen molar-refractivity contribution < 1.29 is 9.84 Å². The van der Waals surface area contributed by atoms with Crippen molar-refractivity contribution in [1.29, 1.82) is 0 Å². The van der Waals surface area contributed by atoms with Gasteiger partial charge in [-0.05, 0) is 32.8 Å². The van der Waals surface area contributed by atoms with Gasteiger partial charge < -0.3 is 15.2 Å². The third kappa shape index (κ3) is 3.28. The summed E-state index contributed by atoms with van der Waals surface area (Å²) in [5, 5.41) is 13.5. The quantitative estimate of drug-likeness (QED) is 0.829. The highest BCUT2D eigenvalue weighted by atomic mass is 16.5. The number of para-hydroxylation sites is 1. The number of aliphatic hydroxyl groups is 1. The molecule has 19 heavy (non-hydrogen) atoms. The number of aliphatic hydroxyl groups excluding tert-OH is 1. The topological polar surface area (TPSA) is 41.5 Å². The zero-order chi connectivity index (χ0) is 13.7. The van der Waals surface area contributed by atoms with Crippen molar-refractivity contribution in [3.8, 4) is 5.75 Å². The molecule has 3 nitrogen and oxygen atoms in total. The fourth-order valence-electron chi connectivity index (χ4n) is 2.93. The van der Waals surface area contributed by atoms with E-state index in [1.54, 1.807) is 0 Å². The van der Waals surface area contributed by atoms with Crippen LogP contribution in [0.2, 0.25) is 0 Å². The summed E-state index contributed by atoms with van der Waals surface area (Å²) in [7, 11) is 0. The molecule has 1 aromatic carbocycles. The summed E-state index contributed by atoms with van der Waals surface area (Å²) in [6, 6.07) is 8.50. The van der Waals surface area contributed by atoms with Crippen LogP contribution < -0.4 is 10.1 Å². The molecule has 0 aliphatic heterocycles. The molecule has 2 N–H and O–H groups in total. The highest BCUT2D eigenvalue weighted by Gasteiger charge is 2.32. The normalized spacial score (nSPS) is 19.3. The number of rotatable bonds is 6. The summed E-state index contributed by atoms with van der Waals surface area (Å²) in [5.74, 6) is 0.868. The van der Waals surface area contributed by atoms with E-state index < -0.39 is 5.54 Å². The summed E-state index contributed by atoms with van der Waals surface area (Å²) >= 11 is 0. The molecular formula is C16H25NO2. The molecule has 0 aromatic heterocycles. The maximum Gasteiger partial charge on any atom is 0.124 e. The Morgan fingerprint density at radius 1 is 1.32 bits per heavy atom. The first-order valence-electron chi connectivity index (χ1n) is 7.30. The molecule has 3 heteroatoms. The molecule has 1 aromatic rings. The fourth-order valence-corrected chi connectivity index (χ4v) is 2.93. The van der Waals surface area contributed by atoms with E-state index >= 15 is 0 Å². The lowest BCUT2D eigenvalue weighted by atomic mass is 9.90. The van der Waals surface area contributed by atoms with E-state index in [9.17, 15) is 5.11 Å². The number of ether oxygens (including phenoxy) is 1. The first-order chi connectivity index (χ1) is 9.19. The van der Waals surface area contributed by atoms with Crippen LogP contribution in [-0.4, -0.2) is 24.4 Å². The average Bonchev–Trinajstić information content (AvgIpc) is 2.92. The van der Waals surface area contributed by atoms with Gasteiger partial charge in [0.1, 0.15) is 5.75 Å². The van der Waals surface area contributed by atoms with E-state index in [1.807, 2.05) is 31.2 Å². The van der Waals surface area contributed by atoms with E-state index in [0.29, 0.717) is 12.6 Å². The third-order valence-electron chi connectivity index (χ3n) is 3.98. The molecule has 1 unspecified atom stereocenters. The van der Waals surface area contributed by atoms with Crippen LogP contribution in [0.4, 0.5) is 0 Å². The van der Waals surface area contributed by atoms with Crippen LogP contribution in [0.5, 0.6) is 5.75 Å². The van der Waals surface area contributed by atoms with Gasteiger partial charge in [0.05, 0.1) is 18.8 Å². The number of nitrogens with one attached hydrogen (secondary N) is 1. The Hall–Kier alpha value is -1.06. The minimum Gasteiger partial charge on any atom is -0.494 e. The van der Waals surface area contributed by atoms with E-state index in [0.717, 1.165) is 11.3 Å². The number of benzene rings is 1. The van der Waals surface area contributed by atoms with Crippen molar-refractivity contribution in [2.45, 2.75) is 51.1 Å². The van der Waals surface area contributed by atoms with Gasteiger partial charge in [-0.3, -0.25) is 0 Å². The van der Waals surface area contributed by atoms with Crippen LogP contribution in [0.1, 0.15) is 45.1 Å². The van der Waals surface area contributed by atoms with Crippen LogP contribution in [-0.2, 0) is 5.54 Å². The van der Waals surface area contributed by atoms with Gasteiger partial charge in [-0.15, -0.1) is 0 Å². The van der Waals surface area contributed by atoms with Gasteiger partial charge in [0.25, 0.3) is 0 Å². The molecular weight excluding hydrogens is 238 g/mol. The second-order valence-electron chi connectivity index (χ2n) is 5.55. The molecule has 1 saturated carbocycles. The van der Waals surface area contributed by atoms with Crippen LogP contribution in [0.15, 0.2) is 24.3 Å². The molecule has 0 radical (unpaired) electrons. The molecule has 0 amide bonds. The smallest absolute Gasteiger partial charge is 0.124 e. The average molecular weight is 263 g/mol. The predicted molar refractivity (Wildman–Crippen MR) is 77.4 cm³/mol. The summed E-state index contributed by atoms with van der Waals surface area (Å²) < 4.78 is 5.70. The van der Waals surface area contributed by atoms with E-state index in [4.69, 9.17) is 4.74 Å². The maximum absolute atomic E-state index is 9.87.